The van der Waals surface area contributed by atoms with Crippen LogP contribution in [0.1, 0.15) is 63.7 Å². The standard InChI is InChI=1S/C24H28BN5OS.C2H6/c1-14(2)32-18-10-8-16(9-11-18)20-13-28-24(26)22(29-20)21-12-19(30-31-21)15-4-6-17(7-5-15)23(25)27-3;1-2/h4-8,10,12-14,16,18,23,27H,9,11H2,1-3H3,(H2,26,28);1-2H3. The number of nitrogens with zero attached hydrogens (tertiary/aromatic N) is 3. The van der Waals surface area contributed by atoms with Crippen molar-refractivity contribution in [1.82, 2.24) is 20.4 Å². The minimum Gasteiger partial charge on any atom is -0.382 e. The van der Waals surface area contributed by atoms with Crippen molar-refractivity contribution in [3.8, 4) is 22.7 Å². The van der Waals surface area contributed by atoms with Crippen molar-refractivity contribution in [1.29, 1.82) is 0 Å². The summed E-state index contributed by atoms with van der Waals surface area (Å²) in [5.41, 5.74) is 10.2. The third kappa shape index (κ3) is 6.30. The normalized spacial score (nSPS) is 18.4. The third-order valence-corrected chi connectivity index (χ3v) is 6.87. The van der Waals surface area contributed by atoms with Gasteiger partial charge in [0.2, 0.25) is 0 Å². The smallest absolute Gasteiger partial charge is 0.189 e. The number of benzene rings is 1. The van der Waals surface area contributed by atoms with Crippen LogP contribution in [0.3, 0.4) is 0 Å². The molecular weight excluding hydrogens is 441 g/mol. The maximum atomic E-state index is 6.14. The van der Waals surface area contributed by atoms with Gasteiger partial charge in [0.15, 0.2) is 17.3 Å². The number of nitrogens with one attached hydrogen (secondary N) is 1. The lowest BCUT2D eigenvalue weighted by atomic mass is 9.88. The number of hydrogen-bond acceptors (Lipinski definition) is 7. The molecule has 0 saturated heterocycles. The summed E-state index contributed by atoms with van der Waals surface area (Å²) in [5, 5.41) is 8.43. The lowest BCUT2D eigenvalue weighted by Gasteiger charge is -2.23. The minimum absolute atomic E-state index is 0.206. The van der Waals surface area contributed by atoms with Crippen molar-refractivity contribution < 1.29 is 4.52 Å². The van der Waals surface area contributed by atoms with Gasteiger partial charge in [-0.15, -0.1) is 0 Å². The Morgan fingerprint density at radius 1 is 1.15 bits per heavy atom. The number of aromatic nitrogens is 3. The van der Waals surface area contributed by atoms with Crippen LogP contribution in [0.4, 0.5) is 5.82 Å². The molecule has 0 amide bonds. The summed E-state index contributed by atoms with van der Waals surface area (Å²) in [7, 11) is 7.83. The molecule has 2 heterocycles. The molecule has 6 nitrogen and oxygen atoms in total. The highest BCUT2D eigenvalue weighted by atomic mass is 32.2. The summed E-state index contributed by atoms with van der Waals surface area (Å²) in [6.45, 7) is 8.47. The third-order valence-electron chi connectivity index (χ3n) is 5.59. The Kier molecular flexibility index (Phi) is 9.36. The topological polar surface area (TPSA) is 89.9 Å². The van der Waals surface area contributed by atoms with Gasteiger partial charge >= 0.3 is 0 Å². The maximum Gasteiger partial charge on any atom is 0.189 e. The molecule has 178 valence electrons. The van der Waals surface area contributed by atoms with E-state index in [0.717, 1.165) is 29.7 Å². The van der Waals surface area contributed by atoms with Gasteiger partial charge in [0.25, 0.3) is 0 Å². The van der Waals surface area contributed by atoms with E-state index in [1.165, 1.54) is 0 Å². The van der Waals surface area contributed by atoms with Crippen LogP contribution >= 0.6 is 11.8 Å². The zero-order valence-electron chi connectivity index (χ0n) is 20.7. The van der Waals surface area contributed by atoms with Crippen LogP contribution in [0.15, 0.2) is 53.2 Å². The van der Waals surface area contributed by atoms with Crippen molar-refractivity contribution in [2.75, 3.05) is 12.8 Å². The number of hydrogen-bond donors (Lipinski definition) is 2. The van der Waals surface area contributed by atoms with Gasteiger partial charge < -0.3 is 15.6 Å². The van der Waals surface area contributed by atoms with Crippen LogP contribution in [0, 0.1) is 0 Å². The summed E-state index contributed by atoms with van der Waals surface area (Å²) in [6.07, 6.45) is 8.49. The number of rotatable bonds is 7. The van der Waals surface area contributed by atoms with Crippen molar-refractivity contribution in [2.45, 2.75) is 62.9 Å². The first kappa shape index (κ1) is 26.0. The number of anilines is 1. The first-order valence-electron chi connectivity index (χ1n) is 11.9. The number of allylic oxidation sites excluding steroid dienone is 1. The monoisotopic (exact) mass is 475 g/mol. The second-order valence-electron chi connectivity index (χ2n) is 8.29. The molecule has 3 atom stereocenters. The van der Waals surface area contributed by atoms with Gasteiger partial charge in [0, 0.05) is 22.8 Å². The van der Waals surface area contributed by atoms with E-state index in [1.54, 1.807) is 6.20 Å². The average Bonchev–Trinajstić information content (AvgIpc) is 3.35. The van der Waals surface area contributed by atoms with Crippen molar-refractivity contribution in [2.24, 2.45) is 0 Å². The van der Waals surface area contributed by atoms with Gasteiger partial charge in [-0.05, 0) is 36.6 Å². The lowest BCUT2D eigenvalue weighted by molar-refractivity contribution is 0.433. The predicted molar refractivity (Wildman–Crippen MR) is 144 cm³/mol. The van der Waals surface area contributed by atoms with E-state index >= 15 is 0 Å². The molecule has 1 aromatic carbocycles. The molecular formula is C26H34BN5OS. The molecule has 2 aromatic heterocycles. The molecule has 1 aliphatic carbocycles. The first-order valence-corrected chi connectivity index (χ1v) is 12.9. The fourth-order valence-electron chi connectivity index (χ4n) is 3.83. The van der Waals surface area contributed by atoms with Crippen LogP contribution in [0.2, 0.25) is 0 Å². The first-order chi connectivity index (χ1) is 16.4. The Morgan fingerprint density at radius 2 is 1.88 bits per heavy atom. The van der Waals surface area contributed by atoms with E-state index in [0.29, 0.717) is 33.5 Å². The van der Waals surface area contributed by atoms with Crippen molar-refractivity contribution in [3.63, 3.8) is 0 Å². The summed E-state index contributed by atoms with van der Waals surface area (Å²) in [5.74, 6) is 0.871. The van der Waals surface area contributed by atoms with Crippen LogP contribution in [0.5, 0.6) is 0 Å². The van der Waals surface area contributed by atoms with Gasteiger partial charge in [-0.3, -0.25) is 0 Å². The van der Waals surface area contributed by atoms with Crippen LogP contribution in [0.25, 0.3) is 22.7 Å². The van der Waals surface area contributed by atoms with E-state index in [4.69, 9.17) is 23.1 Å². The molecule has 3 unspecified atom stereocenters. The minimum atomic E-state index is -0.206. The molecule has 0 aliphatic heterocycles. The van der Waals surface area contributed by atoms with Gasteiger partial charge in [-0.1, -0.05) is 69.3 Å². The van der Waals surface area contributed by atoms with E-state index < -0.39 is 0 Å². The lowest BCUT2D eigenvalue weighted by Crippen LogP contribution is -2.15. The highest BCUT2D eigenvalue weighted by Gasteiger charge is 2.22. The molecule has 1 aliphatic rings. The molecule has 3 N–H and O–H groups in total. The van der Waals surface area contributed by atoms with Crippen molar-refractivity contribution in [3.05, 3.63) is 59.9 Å². The number of nitrogens with two attached hydrogens (primary N) is 1. The van der Waals surface area contributed by atoms with E-state index in [2.05, 4.69) is 41.5 Å². The highest BCUT2D eigenvalue weighted by molar-refractivity contribution is 8.00. The molecule has 0 bridgehead atoms. The Morgan fingerprint density at radius 3 is 2.50 bits per heavy atom. The van der Waals surface area contributed by atoms with Gasteiger partial charge in [-0.2, -0.15) is 11.8 Å². The zero-order chi connectivity index (χ0) is 24.7. The van der Waals surface area contributed by atoms with E-state index in [1.807, 2.05) is 63.0 Å². The molecule has 4 rings (SSSR count). The summed E-state index contributed by atoms with van der Waals surface area (Å²) in [6, 6.07) is 9.74. The van der Waals surface area contributed by atoms with Crippen molar-refractivity contribution >= 4 is 25.4 Å². The quantitative estimate of drug-likeness (QED) is 0.333. The van der Waals surface area contributed by atoms with Crippen LogP contribution in [-0.2, 0) is 0 Å². The largest absolute Gasteiger partial charge is 0.382 e. The Hall–Kier alpha value is -2.58. The van der Waals surface area contributed by atoms with Gasteiger partial charge in [0.1, 0.15) is 5.69 Å². The summed E-state index contributed by atoms with van der Waals surface area (Å²) >= 11 is 2.00. The molecule has 0 saturated carbocycles. The van der Waals surface area contributed by atoms with Crippen LogP contribution < -0.4 is 11.1 Å². The fourth-order valence-corrected chi connectivity index (χ4v) is 4.98. The number of nitrogen functional groups attached to an aromatic ring is 1. The molecule has 2 radical (unpaired) electrons. The van der Waals surface area contributed by atoms with E-state index in [-0.39, 0.29) is 11.9 Å². The fraction of sp³-hybridized carbons (Fsp3) is 0.423. The highest BCUT2D eigenvalue weighted by Crippen LogP contribution is 2.35. The summed E-state index contributed by atoms with van der Waals surface area (Å²) in [4.78, 5) is 9.19. The Labute approximate surface area is 208 Å². The second kappa shape index (κ2) is 12.2. The SMILES string of the molecule is CC.[B]C(NC)c1ccc(-c2cc(-c3nc(C4C=CC(SC(C)C)CC4)cnc3N)on2)cc1. The summed E-state index contributed by atoms with van der Waals surface area (Å²) < 4.78 is 5.60. The molecule has 34 heavy (non-hydrogen) atoms. The van der Waals surface area contributed by atoms with Crippen LogP contribution in [-0.4, -0.2) is 40.5 Å². The van der Waals surface area contributed by atoms with Gasteiger partial charge in [0.05, 0.1) is 19.7 Å². The molecule has 3 aromatic rings. The number of thioether (sulfide) groups is 1. The molecule has 0 spiro atoms. The molecule has 0 fully saturated rings. The maximum absolute atomic E-state index is 6.14. The Bertz CT molecular complexity index is 1080. The second-order valence-corrected chi connectivity index (χ2v) is 10.1. The van der Waals surface area contributed by atoms with Gasteiger partial charge in [-0.25, -0.2) is 9.97 Å². The Balaban J connectivity index is 0.00000158. The predicted octanol–water partition coefficient (Wildman–Crippen LogP) is 5.74. The zero-order valence-corrected chi connectivity index (χ0v) is 21.5. The van der Waals surface area contributed by atoms with E-state index in [9.17, 15) is 0 Å². The molecule has 8 heteroatoms. The average molecular weight is 475 g/mol.